The Morgan fingerprint density at radius 3 is 3.00 bits per heavy atom. The zero-order valence-electron chi connectivity index (χ0n) is 17.5. The lowest BCUT2D eigenvalue weighted by atomic mass is 10.0. The summed E-state index contributed by atoms with van der Waals surface area (Å²) in [7, 11) is 0. The van der Waals surface area contributed by atoms with E-state index in [1.54, 1.807) is 0 Å². The van der Waals surface area contributed by atoms with Crippen LogP contribution in [0.1, 0.15) is 42.1 Å². The van der Waals surface area contributed by atoms with E-state index in [2.05, 4.69) is 22.2 Å². The molecule has 30 heavy (non-hydrogen) atoms. The minimum atomic E-state index is -0.0283. The van der Waals surface area contributed by atoms with Gasteiger partial charge < -0.3 is 10.2 Å². The van der Waals surface area contributed by atoms with Crippen LogP contribution in [0, 0.1) is 5.92 Å². The van der Waals surface area contributed by atoms with Gasteiger partial charge in [-0.05, 0) is 68.1 Å². The quantitative estimate of drug-likeness (QED) is 0.564. The molecule has 1 atom stereocenters. The zero-order valence-corrected chi connectivity index (χ0v) is 18.2. The van der Waals surface area contributed by atoms with Gasteiger partial charge in [0.25, 0.3) is 5.91 Å². The minimum Gasteiger partial charge on any atom is -0.352 e. The van der Waals surface area contributed by atoms with Gasteiger partial charge in [0.15, 0.2) is 0 Å². The van der Waals surface area contributed by atoms with Crippen LogP contribution in [0.2, 0.25) is 5.02 Å². The predicted octanol–water partition coefficient (Wildman–Crippen LogP) is 4.59. The summed E-state index contributed by atoms with van der Waals surface area (Å²) < 4.78 is 1.91. The highest BCUT2D eigenvalue weighted by Crippen LogP contribution is 2.19. The molecular weight excluding hydrogens is 396 g/mol. The molecule has 0 unspecified atom stereocenters. The summed E-state index contributed by atoms with van der Waals surface area (Å²) in [6.07, 6.45) is 5.44. The highest BCUT2D eigenvalue weighted by Gasteiger charge is 2.15. The highest BCUT2D eigenvalue weighted by atomic mass is 35.5. The molecule has 0 aliphatic carbocycles. The second kappa shape index (κ2) is 9.63. The summed E-state index contributed by atoms with van der Waals surface area (Å²) in [6.45, 7) is 7.05. The number of fused-ring (bicyclic) bond motifs is 1. The molecule has 1 saturated heterocycles. The standard InChI is InChI=1S/C24H29ClN4O/c1-18-5-3-11-28(16-18)12-4-10-26-24(30)20-8-9-21-15-27-29(23(21)14-20)17-19-6-2-7-22(25)13-19/h2,6-9,13-15,18H,3-5,10-12,16-17H2,1H3,(H,26,30)/t18-/m0/s1. The number of nitrogens with one attached hydrogen (secondary N) is 1. The molecule has 0 bridgehead atoms. The molecule has 1 aliphatic heterocycles. The molecule has 5 nitrogen and oxygen atoms in total. The Hall–Kier alpha value is -2.37. The Morgan fingerprint density at radius 1 is 1.27 bits per heavy atom. The number of likely N-dealkylation sites (tertiary alicyclic amines) is 1. The van der Waals surface area contributed by atoms with Crippen molar-refractivity contribution in [1.29, 1.82) is 0 Å². The second-order valence-electron chi connectivity index (χ2n) is 8.36. The normalized spacial score (nSPS) is 17.3. The maximum atomic E-state index is 12.7. The molecule has 4 rings (SSSR count). The number of benzene rings is 2. The summed E-state index contributed by atoms with van der Waals surface area (Å²) in [6, 6.07) is 13.5. The van der Waals surface area contributed by atoms with Crippen LogP contribution >= 0.6 is 11.6 Å². The van der Waals surface area contributed by atoms with Gasteiger partial charge in [-0.1, -0.05) is 36.7 Å². The van der Waals surface area contributed by atoms with Crippen molar-refractivity contribution in [2.24, 2.45) is 5.92 Å². The first-order valence-electron chi connectivity index (χ1n) is 10.8. The van der Waals surface area contributed by atoms with Crippen molar-refractivity contribution in [2.45, 2.75) is 32.7 Å². The van der Waals surface area contributed by atoms with Crippen molar-refractivity contribution < 1.29 is 4.79 Å². The molecule has 0 radical (unpaired) electrons. The maximum Gasteiger partial charge on any atom is 0.251 e. The van der Waals surface area contributed by atoms with Gasteiger partial charge in [0.1, 0.15) is 0 Å². The van der Waals surface area contributed by atoms with Gasteiger partial charge in [0.05, 0.1) is 18.3 Å². The summed E-state index contributed by atoms with van der Waals surface area (Å²) >= 11 is 6.10. The van der Waals surface area contributed by atoms with Crippen molar-refractivity contribution in [2.75, 3.05) is 26.2 Å². The third-order valence-corrected chi connectivity index (χ3v) is 6.04. The Morgan fingerprint density at radius 2 is 2.17 bits per heavy atom. The fourth-order valence-electron chi connectivity index (χ4n) is 4.24. The van der Waals surface area contributed by atoms with E-state index in [0.29, 0.717) is 23.7 Å². The third-order valence-electron chi connectivity index (χ3n) is 5.81. The summed E-state index contributed by atoms with van der Waals surface area (Å²) in [5, 5.41) is 9.29. The molecule has 0 spiro atoms. The molecule has 0 saturated carbocycles. The number of aromatic nitrogens is 2. The number of carbonyl (C=O) groups is 1. The number of halogens is 1. The Kier molecular flexibility index (Phi) is 6.70. The molecule has 1 fully saturated rings. The molecular formula is C24H29ClN4O. The van der Waals surface area contributed by atoms with Crippen molar-refractivity contribution in [3.05, 3.63) is 64.8 Å². The van der Waals surface area contributed by atoms with E-state index in [9.17, 15) is 4.79 Å². The minimum absolute atomic E-state index is 0.0283. The van der Waals surface area contributed by atoms with Gasteiger partial charge in [-0.25, -0.2) is 0 Å². The van der Waals surface area contributed by atoms with E-state index in [4.69, 9.17) is 11.6 Å². The van der Waals surface area contributed by atoms with Crippen LogP contribution in [0.5, 0.6) is 0 Å². The lowest BCUT2D eigenvalue weighted by molar-refractivity contribution is 0.0950. The second-order valence-corrected chi connectivity index (χ2v) is 8.80. The largest absolute Gasteiger partial charge is 0.352 e. The highest BCUT2D eigenvalue weighted by molar-refractivity contribution is 6.30. The number of carbonyl (C=O) groups excluding carboxylic acids is 1. The average Bonchev–Trinajstić information content (AvgIpc) is 3.13. The van der Waals surface area contributed by atoms with Crippen LogP contribution in [-0.4, -0.2) is 46.8 Å². The van der Waals surface area contributed by atoms with Crippen molar-refractivity contribution in [3.8, 4) is 0 Å². The van der Waals surface area contributed by atoms with Crippen LogP contribution in [0.3, 0.4) is 0 Å². The van der Waals surface area contributed by atoms with Gasteiger partial charge in [-0.2, -0.15) is 5.10 Å². The number of amides is 1. The third kappa shape index (κ3) is 5.21. The van der Waals surface area contributed by atoms with Crippen LogP contribution in [-0.2, 0) is 6.54 Å². The number of hydrogen-bond acceptors (Lipinski definition) is 3. The van der Waals surface area contributed by atoms with Crippen LogP contribution in [0.25, 0.3) is 10.9 Å². The SMILES string of the molecule is C[C@H]1CCCN(CCCNC(=O)c2ccc3cnn(Cc4cccc(Cl)c4)c3c2)C1. The van der Waals surface area contributed by atoms with E-state index in [1.807, 2.05) is 53.3 Å². The van der Waals surface area contributed by atoms with E-state index < -0.39 is 0 Å². The average molecular weight is 425 g/mol. The Bertz CT molecular complexity index is 1020. The zero-order chi connectivity index (χ0) is 20.9. The molecule has 1 aromatic heterocycles. The van der Waals surface area contributed by atoms with Gasteiger partial charge in [0.2, 0.25) is 0 Å². The molecule has 6 heteroatoms. The monoisotopic (exact) mass is 424 g/mol. The molecule has 2 heterocycles. The number of nitrogens with zero attached hydrogens (tertiary/aromatic N) is 3. The lowest BCUT2D eigenvalue weighted by Gasteiger charge is -2.30. The number of hydrogen-bond donors (Lipinski definition) is 1. The fraction of sp³-hybridized carbons (Fsp3) is 0.417. The molecule has 1 N–H and O–H groups in total. The van der Waals surface area contributed by atoms with Crippen molar-refractivity contribution >= 4 is 28.4 Å². The molecule has 3 aromatic rings. The van der Waals surface area contributed by atoms with Crippen molar-refractivity contribution in [3.63, 3.8) is 0 Å². The first-order valence-corrected chi connectivity index (χ1v) is 11.2. The first-order chi connectivity index (χ1) is 14.6. The van der Waals surface area contributed by atoms with Gasteiger partial charge in [-0.3, -0.25) is 9.48 Å². The Labute approximate surface area is 183 Å². The lowest BCUT2D eigenvalue weighted by Crippen LogP contribution is -2.36. The van der Waals surface area contributed by atoms with E-state index >= 15 is 0 Å². The summed E-state index contributed by atoms with van der Waals surface area (Å²) in [4.78, 5) is 15.2. The smallest absolute Gasteiger partial charge is 0.251 e. The predicted molar refractivity (Wildman–Crippen MR) is 122 cm³/mol. The number of rotatable bonds is 7. The molecule has 158 valence electrons. The van der Waals surface area contributed by atoms with Gasteiger partial charge >= 0.3 is 0 Å². The van der Waals surface area contributed by atoms with E-state index in [1.165, 1.54) is 25.9 Å². The summed E-state index contributed by atoms with van der Waals surface area (Å²) in [5.41, 5.74) is 2.70. The fourth-order valence-corrected chi connectivity index (χ4v) is 4.46. The molecule has 1 amide bonds. The summed E-state index contributed by atoms with van der Waals surface area (Å²) in [5.74, 6) is 0.760. The van der Waals surface area contributed by atoms with E-state index in [0.717, 1.165) is 35.3 Å². The van der Waals surface area contributed by atoms with Gasteiger partial charge in [-0.15, -0.1) is 0 Å². The first kappa shape index (κ1) is 20.9. The van der Waals surface area contributed by atoms with Crippen LogP contribution in [0.15, 0.2) is 48.7 Å². The van der Waals surface area contributed by atoms with Gasteiger partial charge in [0, 0.05) is 29.1 Å². The molecule has 2 aromatic carbocycles. The van der Waals surface area contributed by atoms with E-state index in [-0.39, 0.29) is 5.91 Å². The topological polar surface area (TPSA) is 50.2 Å². The van der Waals surface area contributed by atoms with Crippen LogP contribution in [0.4, 0.5) is 0 Å². The number of piperidine rings is 1. The Balaban J connectivity index is 1.36. The maximum absolute atomic E-state index is 12.7. The van der Waals surface area contributed by atoms with Crippen molar-refractivity contribution in [1.82, 2.24) is 20.0 Å². The van der Waals surface area contributed by atoms with Crippen LogP contribution < -0.4 is 5.32 Å². The molecule has 1 aliphatic rings.